The van der Waals surface area contributed by atoms with Crippen LogP contribution in [0.25, 0.3) is 0 Å². The number of carbonyl (C=O) groups is 3. The van der Waals surface area contributed by atoms with Crippen molar-refractivity contribution in [2.24, 2.45) is 0 Å². The summed E-state index contributed by atoms with van der Waals surface area (Å²) < 4.78 is 5.02. The molecule has 0 aliphatic rings. The number of anilines is 1. The number of benzene rings is 2. The van der Waals surface area contributed by atoms with Crippen LogP contribution in [0.2, 0.25) is 0 Å². The lowest BCUT2D eigenvalue weighted by atomic mass is 10.1. The summed E-state index contributed by atoms with van der Waals surface area (Å²) in [6, 6.07) is 10.8. The van der Waals surface area contributed by atoms with Gasteiger partial charge in [0.1, 0.15) is 11.5 Å². The van der Waals surface area contributed by atoms with Crippen LogP contribution in [0.4, 0.5) is 5.69 Å². The number of amides is 1. The van der Waals surface area contributed by atoms with Gasteiger partial charge in [0.2, 0.25) is 5.91 Å². The summed E-state index contributed by atoms with van der Waals surface area (Å²) in [5.41, 5.74) is 1.04. The number of hydrogen-bond donors (Lipinski definition) is 3. The van der Waals surface area contributed by atoms with Gasteiger partial charge in [-0.25, -0.2) is 0 Å². The number of ketones is 1. The fraction of sp³-hybridized carbons (Fsp3) is 0.211. The quantitative estimate of drug-likeness (QED) is 0.494. The monoisotopic (exact) mass is 357 g/mol. The number of carboxylic acid groups (broad SMARTS) is 1. The van der Waals surface area contributed by atoms with Crippen molar-refractivity contribution in [1.29, 1.82) is 0 Å². The Morgan fingerprint density at radius 3 is 2.35 bits per heavy atom. The van der Waals surface area contributed by atoms with E-state index in [1.54, 1.807) is 24.3 Å². The van der Waals surface area contributed by atoms with Crippen LogP contribution in [0.15, 0.2) is 42.5 Å². The Hall–Kier alpha value is -3.35. The van der Waals surface area contributed by atoms with Crippen LogP contribution >= 0.6 is 0 Å². The van der Waals surface area contributed by atoms with E-state index in [0.717, 1.165) is 0 Å². The summed E-state index contributed by atoms with van der Waals surface area (Å²) in [6.45, 7) is 0. The normalized spacial score (nSPS) is 10.2. The first kappa shape index (κ1) is 19.0. The molecule has 1 amide bonds. The lowest BCUT2D eigenvalue weighted by Gasteiger charge is -2.09. The molecule has 0 spiro atoms. The highest BCUT2D eigenvalue weighted by Crippen LogP contribution is 2.25. The summed E-state index contributed by atoms with van der Waals surface area (Å²) in [7, 11) is 1.53. The summed E-state index contributed by atoms with van der Waals surface area (Å²) in [5, 5.41) is 21.1. The van der Waals surface area contributed by atoms with Gasteiger partial charge in [-0.1, -0.05) is 6.07 Å². The Kier molecular flexibility index (Phi) is 6.32. The topological polar surface area (TPSA) is 113 Å². The number of aromatic hydroxyl groups is 1. The van der Waals surface area contributed by atoms with Gasteiger partial charge in [-0.15, -0.1) is 0 Å². The van der Waals surface area contributed by atoms with E-state index in [2.05, 4.69) is 5.32 Å². The van der Waals surface area contributed by atoms with Gasteiger partial charge >= 0.3 is 5.97 Å². The van der Waals surface area contributed by atoms with E-state index in [1.165, 1.54) is 25.3 Å². The largest absolute Gasteiger partial charge is 0.506 e. The predicted molar refractivity (Wildman–Crippen MR) is 94.6 cm³/mol. The maximum absolute atomic E-state index is 12.1. The second kappa shape index (κ2) is 8.66. The van der Waals surface area contributed by atoms with Crippen molar-refractivity contribution >= 4 is 23.3 Å². The number of hydrogen-bond acceptors (Lipinski definition) is 5. The standard InChI is InChI=1S/C19H19NO6/c1-26-14-5-3-13(4-6-14)16(21)8-9-18(23)20-15-10-12(11-19(24)25)2-7-17(15)22/h2-7,10,22H,8-9,11H2,1H3,(H,20,23)(H,24,25). The third kappa shape index (κ3) is 5.34. The minimum atomic E-state index is -1.02. The smallest absolute Gasteiger partial charge is 0.307 e. The van der Waals surface area contributed by atoms with Gasteiger partial charge in [0.25, 0.3) is 0 Å². The third-order valence-electron chi connectivity index (χ3n) is 3.68. The molecule has 26 heavy (non-hydrogen) atoms. The number of phenolic OH excluding ortho intramolecular Hbond substituents is 1. The molecule has 0 aromatic heterocycles. The zero-order valence-electron chi connectivity index (χ0n) is 14.2. The molecule has 2 aromatic rings. The van der Waals surface area contributed by atoms with Crippen molar-refractivity contribution in [1.82, 2.24) is 0 Å². The zero-order valence-corrected chi connectivity index (χ0v) is 14.2. The van der Waals surface area contributed by atoms with Gasteiger partial charge in [-0.3, -0.25) is 14.4 Å². The average Bonchev–Trinajstić information content (AvgIpc) is 2.62. The number of rotatable bonds is 8. The summed E-state index contributed by atoms with van der Waals surface area (Å²) >= 11 is 0. The summed E-state index contributed by atoms with van der Waals surface area (Å²) in [5.74, 6) is -1.19. The molecule has 0 atom stereocenters. The van der Waals surface area contributed by atoms with Crippen LogP contribution in [0.1, 0.15) is 28.8 Å². The predicted octanol–water partition coefficient (Wildman–Crippen LogP) is 2.63. The Labute approximate surface area is 150 Å². The van der Waals surface area contributed by atoms with E-state index in [0.29, 0.717) is 16.9 Å². The Balaban J connectivity index is 1.93. The van der Waals surface area contributed by atoms with Crippen molar-refractivity contribution in [3.05, 3.63) is 53.6 Å². The molecule has 7 nitrogen and oxygen atoms in total. The fourth-order valence-electron chi connectivity index (χ4n) is 2.33. The van der Waals surface area contributed by atoms with Crippen molar-refractivity contribution in [2.75, 3.05) is 12.4 Å². The number of phenols is 1. The molecule has 0 unspecified atom stereocenters. The first-order chi connectivity index (χ1) is 12.4. The van der Waals surface area contributed by atoms with Gasteiger partial charge in [0, 0.05) is 18.4 Å². The molecule has 0 saturated heterocycles. The molecule has 0 heterocycles. The van der Waals surface area contributed by atoms with Crippen LogP contribution in [0, 0.1) is 0 Å². The lowest BCUT2D eigenvalue weighted by molar-refractivity contribution is -0.136. The maximum Gasteiger partial charge on any atom is 0.307 e. The molecule has 3 N–H and O–H groups in total. The van der Waals surface area contributed by atoms with Crippen molar-refractivity contribution in [2.45, 2.75) is 19.3 Å². The van der Waals surface area contributed by atoms with E-state index in [9.17, 15) is 19.5 Å². The average molecular weight is 357 g/mol. The van der Waals surface area contributed by atoms with E-state index in [-0.39, 0.29) is 36.5 Å². The second-order valence-electron chi connectivity index (χ2n) is 5.62. The minimum Gasteiger partial charge on any atom is -0.506 e. The number of Topliss-reactive ketones (excluding diaryl/α,β-unsaturated/α-hetero) is 1. The molecule has 136 valence electrons. The number of ether oxygens (including phenoxy) is 1. The molecule has 2 aromatic carbocycles. The van der Waals surface area contributed by atoms with Crippen molar-refractivity contribution in [3.8, 4) is 11.5 Å². The van der Waals surface area contributed by atoms with Gasteiger partial charge in [0.05, 0.1) is 19.2 Å². The van der Waals surface area contributed by atoms with Crippen LogP contribution in [0.5, 0.6) is 11.5 Å². The highest BCUT2D eigenvalue weighted by molar-refractivity contribution is 6.00. The van der Waals surface area contributed by atoms with Gasteiger partial charge in [-0.05, 0) is 42.0 Å². The van der Waals surface area contributed by atoms with Crippen LogP contribution in [-0.4, -0.2) is 35.0 Å². The fourth-order valence-corrected chi connectivity index (χ4v) is 2.33. The SMILES string of the molecule is COc1ccc(C(=O)CCC(=O)Nc2cc(CC(=O)O)ccc2O)cc1. The van der Waals surface area contributed by atoms with Crippen LogP contribution < -0.4 is 10.1 Å². The highest BCUT2D eigenvalue weighted by Gasteiger charge is 2.12. The van der Waals surface area contributed by atoms with Gasteiger partial charge in [-0.2, -0.15) is 0 Å². The van der Waals surface area contributed by atoms with Gasteiger partial charge < -0.3 is 20.3 Å². The first-order valence-corrected chi connectivity index (χ1v) is 7.90. The highest BCUT2D eigenvalue weighted by atomic mass is 16.5. The van der Waals surface area contributed by atoms with Crippen LogP contribution in [-0.2, 0) is 16.0 Å². The number of carboxylic acids is 1. The molecule has 0 aliphatic carbocycles. The molecule has 0 aliphatic heterocycles. The minimum absolute atomic E-state index is 0.00768. The molecule has 7 heteroatoms. The molecular formula is C19H19NO6. The van der Waals surface area contributed by atoms with Crippen molar-refractivity contribution in [3.63, 3.8) is 0 Å². The lowest BCUT2D eigenvalue weighted by Crippen LogP contribution is -2.14. The number of nitrogens with one attached hydrogen (secondary N) is 1. The van der Waals surface area contributed by atoms with Crippen LogP contribution in [0.3, 0.4) is 0 Å². The Morgan fingerprint density at radius 1 is 1.04 bits per heavy atom. The first-order valence-electron chi connectivity index (χ1n) is 7.90. The van der Waals surface area contributed by atoms with E-state index in [1.807, 2.05) is 0 Å². The van der Waals surface area contributed by atoms with E-state index in [4.69, 9.17) is 9.84 Å². The van der Waals surface area contributed by atoms with E-state index >= 15 is 0 Å². The zero-order chi connectivity index (χ0) is 19.1. The molecule has 0 radical (unpaired) electrons. The number of aliphatic carboxylic acids is 1. The summed E-state index contributed by atoms with van der Waals surface area (Å²) in [6.07, 6.45) is -0.277. The summed E-state index contributed by atoms with van der Waals surface area (Å²) in [4.78, 5) is 34.9. The van der Waals surface area contributed by atoms with E-state index < -0.39 is 11.9 Å². The second-order valence-corrected chi connectivity index (χ2v) is 5.62. The third-order valence-corrected chi connectivity index (χ3v) is 3.68. The molecule has 0 fully saturated rings. The molecule has 0 bridgehead atoms. The Morgan fingerprint density at radius 2 is 1.73 bits per heavy atom. The maximum atomic E-state index is 12.1. The molecule has 2 rings (SSSR count). The van der Waals surface area contributed by atoms with Crippen molar-refractivity contribution < 1.29 is 29.3 Å². The van der Waals surface area contributed by atoms with Gasteiger partial charge in [0.15, 0.2) is 5.78 Å². The number of carbonyl (C=O) groups excluding carboxylic acids is 2. The molecular weight excluding hydrogens is 338 g/mol. The Bertz CT molecular complexity index is 813. The molecule has 0 saturated carbocycles. The number of methoxy groups -OCH3 is 1.